The molecule has 1 saturated heterocycles. The summed E-state index contributed by atoms with van der Waals surface area (Å²) in [5.41, 5.74) is 2.81. The monoisotopic (exact) mass is 375 g/mol. The van der Waals surface area contributed by atoms with Crippen molar-refractivity contribution in [2.75, 3.05) is 36.0 Å². The maximum Gasteiger partial charge on any atom is 0.180 e. The number of rotatable bonds is 2. The highest BCUT2D eigenvalue weighted by Crippen LogP contribution is 2.34. The molecule has 0 bridgehead atoms. The second-order valence-corrected chi connectivity index (χ2v) is 7.12. The minimum absolute atomic E-state index is 0.708. The van der Waals surface area contributed by atoms with E-state index in [1.807, 2.05) is 37.3 Å². The first-order valence-corrected chi connectivity index (χ1v) is 9.19. The zero-order chi connectivity index (χ0) is 17.4. The average Bonchev–Trinajstić information content (AvgIpc) is 2.91. The van der Waals surface area contributed by atoms with E-state index < -0.39 is 0 Å². The third kappa shape index (κ3) is 3.05. The smallest absolute Gasteiger partial charge is 0.180 e. The standard InChI is InChI=1S/C19H19Cl2N3O/c1-13-15(20)7-8-16(18(13)21)23-9-4-10-24(12-11-23)19-14-5-2-3-6-17(14)25-22-19/h2-3,5-8H,4,9-12H2,1H3. The van der Waals surface area contributed by atoms with Crippen molar-refractivity contribution < 1.29 is 4.52 Å². The molecule has 0 amide bonds. The normalized spacial score (nSPS) is 15.6. The predicted molar refractivity (Wildman–Crippen MR) is 104 cm³/mol. The SMILES string of the molecule is Cc1c(Cl)ccc(N2CCCN(c3noc4ccccc34)CC2)c1Cl. The molecule has 3 aromatic rings. The molecule has 1 aliphatic heterocycles. The van der Waals surface area contributed by atoms with Crippen molar-refractivity contribution >= 4 is 45.7 Å². The van der Waals surface area contributed by atoms with Crippen molar-refractivity contribution in [1.29, 1.82) is 0 Å². The molecule has 0 radical (unpaired) electrons. The van der Waals surface area contributed by atoms with Crippen LogP contribution in [0.15, 0.2) is 40.9 Å². The molecule has 6 heteroatoms. The quantitative estimate of drug-likeness (QED) is 0.619. The van der Waals surface area contributed by atoms with Crippen LogP contribution in [0, 0.1) is 6.92 Å². The Bertz CT molecular complexity index is 909. The van der Waals surface area contributed by atoms with Gasteiger partial charge in [-0.05, 0) is 43.2 Å². The van der Waals surface area contributed by atoms with Gasteiger partial charge in [-0.25, -0.2) is 0 Å². The lowest BCUT2D eigenvalue weighted by Gasteiger charge is -2.25. The van der Waals surface area contributed by atoms with Gasteiger partial charge in [0.05, 0.1) is 16.1 Å². The Kier molecular flexibility index (Phi) is 4.48. The molecule has 0 N–H and O–H groups in total. The lowest BCUT2D eigenvalue weighted by Crippen LogP contribution is -2.31. The van der Waals surface area contributed by atoms with Crippen LogP contribution < -0.4 is 9.80 Å². The molecule has 1 aliphatic rings. The molecule has 0 spiro atoms. The maximum absolute atomic E-state index is 6.53. The summed E-state index contributed by atoms with van der Waals surface area (Å²) < 4.78 is 5.46. The Morgan fingerprint density at radius 3 is 2.60 bits per heavy atom. The number of fused-ring (bicyclic) bond motifs is 1. The summed E-state index contributed by atoms with van der Waals surface area (Å²) in [6.07, 6.45) is 1.03. The number of hydrogen-bond acceptors (Lipinski definition) is 4. The summed E-state index contributed by atoms with van der Waals surface area (Å²) >= 11 is 12.7. The van der Waals surface area contributed by atoms with E-state index in [-0.39, 0.29) is 0 Å². The molecule has 2 aromatic carbocycles. The van der Waals surface area contributed by atoms with Crippen LogP contribution in [-0.2, 0) is 0 Å². The van der Waals surface area contributed by atoms with E-state index in [9.17, 15) is 0 Å². The number of nitrogens with zero attached hydrogens (tertiary/aromatic N) is 3. The molecule has 1 aromatic heterocycles. The molecule has 4 rings (SSSR count). The molecule has 1 fully saturated rings. The van der Waals surface area contributed by atoms with Crippen LogP contribution in [0.1, 0.15) is 12.0 Å². The van der Waals surface area contributed by atoms with Crippen LogP contribution in [0.2, 0.25) is 10.0 Å². The van der Waals surface area contributed by atoms with Gasteiger partial charge in [0.25, 0.3) is 0 Å². The summed E-state index contributed by atoms with van der Waals surface area (Å²) in [6, 6.07) is 11.9. The number of aromatic nitrogens is 1. The van der Waals surface area contributed by atoms with E-state index in [2.05, 4.69) is 21.0 Å². The minimum Gasteiger partial charge on any atom is -0.368 e. The molecular formula is C19H19Cl2N3O. The lowest BCUT2D eigenvalue weighted by atomic mass is 10.2. The van der Waals surface area contributed by atoms with Crippen LogP contribution in [0.5, 0.6) is 0 Å². The summed E-state index contributed by atoms with van der Waals surface area (Å²) in [7, 11) is 0. The first-order chi connectivity index (χ1) is 12.1. The summed E-state index contributed by atoms with van der Waals surface area (Å²) in [5, 5.41) is 6.81. The fourth-order valence-corrected chi connectivity index (χ4v) is 3.85. The van der Waals surface area contributed by atoms with Crippen molar-refractivity contribution in [2.45, 2.75) is 13.3 Å². The van der Waals surface area contributed by atoms with Gasteiger partial charge >= 0.3 is 0 Å². The van der Waals surface area contributed by atoms with Gasteiger partial charge < -0.3 is 14.3 Å². The molecule has 0 aliphatic carbocycles. The highest BCUT2D eigenvalue weighted by Gasteiger charge is 2.21. The van der Waals surface area contributed by atoms with Gasteiger partial charge in [-0.15, -0.1) is 0 Å². The van der Waals surface area contributed by atoms with Gasteiger partial charge in [0.15, 0.2) is 11.4 Å². The van der Waals surface area contributed by atoms with E-state index in [1.54, 1.807) is 0 Å². The van der Waals surface area contributed by atoms with Crippen LogP contribution >= 0.6 is 23.2 Å². The Balaban J connectivity index is 1.57. The third-order valence-electron chi connectivity index (χ3n) is 4.79. The molecule has 0 saturated carbocycles. The zero-order valence-electron chi connectivity index (χ0n) is 14.0. The number of halogens is 2. The van der Waals surface area contributed by atoms with Crippen molar-refractivity contribution in [2.24, 2.45) is 0 Å². The molecule has 0 atom stereocenters. The Morgan fingerprint density at radius 1 is 0.960 bits per heavy atom. The van der Waals surface area contributed by atoms with Crippen LogP contribution in [-0.4, -0.2) is 31.3 Å². The van der Waals surface area contributed by atoms with E-state index in [4.69, 9.17) is 27.7 Å². The molecule has 0 unspecified atom stereocenters. The van der Waals surface area contributed by atoms with Crippen molar-refractivity contribution in [1.82, 2.24) is 5.16 Å². The topological polar surface area (TPSA) is 32.5 Å². The molecular weight excluding hydrogens is 357 g/mol. The van der Waals surface area contributed by atoms with Crippen LogP contribution in [0.25, 0.3) is 11.0 Å². The summed E-state index contributed by atoms with van der Waals surface area (Å²) in [4.78, 5) is 4.62. The second-order valence-electron chi connectivity index (χ2n) is 6.34. The third-order valence-corrected chi connectivity index (χ3v) is 5.68. The fourth-order valence-electron chi connectivity index (χ4n) is 3.36. The van der Waals surface area contributed by atoms with Gasteiger partial charge in [0.2, 0.25) is 0 Å². The van der Waals surface area contributed by atoms with E-state index >= 15 is 0 Å². The molecule has 2 heterocycles. The van der Waals surface area contributed by atoms with Gasteiger partial charge in [-0.2, -0.15) is 0 Å². The number of anilines is 2. The molecule has 25 heavy (non-hydrogen) atoms. The predicted octanol–water partition coefficient (Wildman–Crippen LogP) is 5.16. The molecule has 4 nitrogen and oxygen atoms in total. The maximum atomic E-state index is 6.53. The van der Waals surface area contributed by atoms with Crippen molar-refractivity contribution in [3.8, 4) is 0 Å². The Morgan fingerprint density at radius 2 is 1.72 bits per heavy atom. The van der Waals surface area contributed by atoms with E-state index in [0.717, 1.165) is 65.7 Å². The summed E-state index contributed by atoms with van der Waals surface area (Å²) in [5.74, 6) is 0.927. The van der Waals surface area contributed by atoms with Gasteiger partial charge in [0, 0.05) is 31.2 Å². The highest BCUT2D eigenvalue weighted by molar-refractivity contribution is 6.37. The Hall–Kier alpha value is -1.91. The van der Waals surface area contributed by atoms with E-state index in [1.165, 1.54) is 0 Å². The fraction of sp³-hybridized carbons (Fsp3) is 0.316. The van der Waals surface area contributed by atoms with E-state index in [0.29, 0.717) is 5.02 Å². The van der Waals surface area contributed by atoms with Crippen LogP contribution in [0.4, 0.5) is 11.5 Å². The lowest BCUT2D eigenvalue weighted by molar-refractivity contribution is 0.455. The first-order valence-electron chi connectivity index (χ1n) is 8.44. The van der Waals surface area contributed by atoms with Gasteiger partial charge in [-0.1, -0.05) is 40.5 Å². The molecule has 130 valence electrons. The second kappa shape index (κ2) is 6.77. The number of benzene rings is 2. The van der Waals surface area contributed by atoms with Crippen molar-refractivity contribution in [3.63, 3.8) is 0 Å². The number of para-hydroxylation sites is 1. The van der Waals surface area contributed by atoms with Crippen LogP contribution in [0.3, 0.4) is 0 Å². The zero-order valence-corrected chi connectivity index (χ0v) is 15.5. The minimum atomic E-state index is 0.708. The highest BCUT2D eigenvalue weighted by atomic mass is 35.5. The number of hydrogen-bond donors (Lipinski definition) is 0. The van der Waals surface area contributed by atoms with Gasteiger partial charge in [-0.3, -0.25) is 0 Å². The first kappa shape index (κ1) is 16.6. The van der Waals surface area contributed by atoms with Crippen molar-refractivity contribution in [3.05, 3.63) is 52.0 Å². The summed E-state index contributed by atoms with van der Waals surface area (Å²) in [6.45, 7) is 5.60. The average molecular weight is 376 g/mol. The Labute approximate surface area is 156 Å². The van der Waals surface area contributed by atoms with Gasteiger partial charge in [0.1, 0.15) is 0 Å². The largest absolute Gasteiger partial charge is 0.368 e.